The summed E-state index contributed by atoms with van der Waals surface area (Å²) in [5, 5.41) is 9.11. The van der Waals surface area contributed by atoms with Crippen LogP contribution in [0.25, 0.3) is 0 Å². The molecule has 124 valence electrons. The number of nitrogens with two attached hydrogens (primary N) is 1. The molecule has 1 aliphatic rings. The standard InChI is InChI=1S/C17H17N3O4/c1-2-12-16(21)20(15-13(24-12)6-7-14(18)19-15)9-10-4-3-5-11(8-10)17(22)23/h3-8,12H,2,9H2,1H3,(H2,18,19)(H,22,23). The van der Waals surface area contributed by atoms with E-state index < -0.39 is 12.1 Å². The van der Waals surface area contributed by atoms with Gasteiger partial charge in [0.05, 0.1) is 12.1 Å². The van der Waals surface area contributed by atoms with E-state index in [0.717, 1.165) is 0 Å². The largest absolute Gasteiger partial charge is 0.478 e. The maximum atomic E-state index is 12.7. The molecule has 2 heterocycles. The molecule has 24 heavy (non-hydrogen) atoms. The molecule has 0 radical (unpaired) electrons. The molecule has 7 nitrogen and oxygen atoms in total. The lowest BCUT2D eigenvalue weighted by molar-refractivity contribution is -0.126. The van der Waals surface area contributed by atoms with Gasteiger partial charge in [-0.1, -0.05) is 19.1 Å². The first-order valence-electron chi connectivity index (χ1n) is 7.56. The van der Waals surface area contributed by atoms with Crippen LogP contribution in [0, 0.1) is 0 Å². The Morgan fingerprint density at radius 1 is 1.38 bits per heavy atom. The summed E-state index contributed by atoms with van der Waals surface area (Å²) in [6, 6.07) is 9.76. The van der Waals surface area contributed by atoms with E-state index in [4.69, 9.17) is 15.6 Å². The maximum Gasteiger partial charge on any atom is 0.335 e. The summed E-state index contributed by atoms with van der Waals surface area (Å²) < 4.78 is 5.67. The number of carboxylic acids is 1. The molecule has 7 heteroatoms. The number of benzene rings is 1. The van der Waals surface area contributed by atoms with Crippen LogP contribution in [0.1, 0.15) is 29.3 Å². The number of nitrogen functional groups attached to an aromatic ring is 1. The summed E-state index contributed by atoms with van der Waals surface area (Å²) in [6.45, 7) is 2.06. The zero-order valence-corrected chi connectivity index (χ0v) is 13.1. The molecule has 3 rings (SSSR count). The van der Waals surface area contributed by atoms with Crippen LogP contribution in [0.2, 0.25) is 0 Å². The highest BCUT2D eigenvalue weighted by Crippen LogP contribution is 2.34. The van der Waals surface area contributed by atoms with E-state index in [0.29, 0.717) is 23.6 Å². The number of hydrogen-bond donors (Lipinski definition) is 2. The molecule has 1 aromatic heterocycles. The summed E-state index contributed by atoms with van der Waals surface area (Å²) in [4.78, 5) is 29.5. The number of nitrogens with zero attached hydrogens (tertiary/aromatic N) is 2. The van der Waals surface area contributed by atoms with Gasteiger partial charge < -0.3 is 15.6 Å². The minimum atomic E-state index is -1.01. The number of anilines is 2. The lowest BCUT2D eigenvalue weighted by Crippen LogP contribution is -2.45. The number of hydrogen-bond acceptors (Lipinski definition) is 5. The van der Waals surface area contributed by atoms with Crippen molar-refractivity contribution in [1.82, 2.24) is 4.98 Å². The molecule has 1 aliphatic heterocycles. The number of ether oxygens (including phenoxy) is 1. The van der Waals surface area contributed by atoms with Gasteiger partial charge in [0.1, 0.15) is 5.82 Å². The zero-order valence-electron chi connectivity index (χ0n) is 13.1. The number of rotatable bonds is 4. The van der Waals surface area contributed by atoms with Gasteiger partial charge in [-0.15, -0.1) is 0 Å². The van der Waals surface area contributed by atoms with E-state index in [1.165, 1.54) is 17.0 Å². The average Bonchev–Trinajstić information content (AvgIpc) is 2.57. The van der Waals surface area contributed by atoms with Crippen LogP contribution in [-0.2, 0) is 11.3 Å². The molecule has 1 unspecified atom stereocenters. The molecular formula is C17H17N3O4. The van der Waals surface area contributed by atoms with Gasteiger partial charge in [-0.05, 0) is 36.2 Å². The van der Waals surface area contributed by atoms with Crippen LogP contribution >= 0.6 is 0 Å². The fourth-order valence-electron chi connectivity index (χ4n) is 2.61. The summed E-state index contributed by atoms with van der Waals surface area (Å²) in [5.41, 5.74) is 6.59. The van der Waals surface area contributed by atoms with Gasteiger partial charge in [-0.25, -0.2) is 9.78 Å². The SMILES string of the molecule is CCC1Oc2ccc(N)nc2N(Cc2cccc(C(=O)O)c2)C1=O. The minimum absolute atomic E-state index is 0.168. The van der Waals surface area contributed by atoms with Crippen LogP contribution < -0.4 is 15.4 Å². The number of fused-ring (bicyclic) bond motifs is 1. The molecule has 0 aliphatic carbocycles. The van der Waals surface area contributed by atoms with Gasteiger partial charge in [0.2, 0.25) is 0 Å². The third kappa shape index (κ3) is 2.88. The second kappa shape index (κ2) is 6.19. The molecular weight excluding hydrogens is 310 g/mol. The molecule has 1 atom stereocenters. The molecule has 0 bridgehead atoms. The van der Waals surface area contributed by atoms with E-state index in [1.807, 2.05) is 6.92 Å². The number of aromatic carboxylic acids is 1. The van der Waals surface area contributed by atoms with Crippen molar-refractivity contribution in [3.63, 3.8) is 0 Å². The number of pyridine rings is 1. The first-order chi connectivity index (χ1) is 11.5. The highest BCUT2D eigenvalue weighted by molar-refractivity contribution is 5.99. The lowest BCUT2D eigenvalue weighted by atomic mass is 10.1. The second-order valence-corrected chi connectivity index (χ2v) is 5.50. The topological polar surface area (TPSA) is 106 Å². The molecule has 0 fully saturated rings. The van der Waals surface area contributed by atoms with Gasteiger partial charge in [0.15, 0.2) is 17.7 Å². The predicted molar refractivity (Wildman–Crippen MR) is 87.9 cm³/mol. The maximum absolute atomic E-state index is 12.7. The summed E-state index contributed by atoms with van der Waals surface area (Å²) in [5.74, 6) is -0.108. The highest BCUT2D eigenvalue weighted by atomic mass is 16.5. The van der Waals surface area contributed by atoms with Crippen molar-refractivity contribution >= 4 is 23.5 Å². The van der Waals surface area contributed by atoms with Crippen LogP contribution in [0.4, 0.5) is 11.6 Å². The van der Waals surface area contributed by atoms with Crippen molar-refractivity contribution in [3.05, 3.63) is 47.5 Å². The van der Waals surface area contributed by atoms with Gasteiger partial charge >= 0.3 is 5.97 Å². The Bertz CT molecular complexity index is 806. The Morgan fingerprint density at radius 2 is 2.17 bits per heavy atom. The predicted octanol–water partition coefficient (Wildman–Crippen LogP) is 2.07. The van der Waals surface area contributed by atoms with E-state index in [9.17, 15) is 9.59 Å². The van der Waals surface area contributed by atoms with Crippen molar-refractivity contribution in [2.45, 2.75) is 26.0 Å². The number of amides is 1. The van der Waals surface area contributed by atoms with Crippen LogP contribution in [-0.4, -0.2) is 28.1 Å². The fourth-order valence-corrected chi connectivity index (χ4v) is 2.61. The summed E-state index contributed by atoms with van der Waals surface area (Å²) in [6.07, 6.45) is -0.0699. The Hall–Kier alpha value is -3.09. The molecule has 0 saturated carbocycles. The van der Waals surface area contributed by atoms with Crippen molar-refractivity contribution in [3.8, 4) is 5.75 Å². The quantitative estimate of drug-likeness (QED) is 0.890. The number of carbonyl (C=O) groups is 2. The van der Waals surface area contributed by atoms with Gasteiger partial charge in [0.25, 0.3) is 5.91 Å². The lowest BCUT2D eigenvalue weighted by Gasteiger charge is -2.33. The van der Waals surface area contributed by atoms with E-state index in [1.54, 1.807) is 24.3 Å². The van der Waals surface area contributed by atoms with Crippen LogP contribution in [0.15, 0.2) is 36.4 Å². The van der Waals surface area contributed by atoms with Crippen LogP contribution in [0.3, 0.4) is 0 Å². The van der Waals surface area contributed by atoms with E-state index in [-0.39, 0.29) is 23.8 Å². The fraction of sp³-hybridized carbons (Fsp3) is 0.235. The van der Waals surface area contributed by atoms with Crippen LogP contribution in [0.5, 0.6) is 5.75 Å². The Labute approximate surface area is 138 Å². The molecule has 2 aromatic rings. The number of carboxylic acid groups (broad SMARTS) is 1. The van der Waals surface area contributed by atoms with E-state index >= 15 is 0 Å². The summed E-state index contributed by atoms with van der Waals surface area (Å²) in [7, 11) is 0. The molecule has 0 saturated heterocycles. The van der Waals surface area contributed by atoms with Crippen molar-refractivity contribution in [2.24, 2.45) is 0 Å². The smallest absolute Gasteiger partial charge is 0.335 e. The zero-order chi connectivity index (χ0) is 17.3. The third-order valence-electron chi connectivity index (χ3n) is 3.81. The molecule has 0 spiro atoms. The van der Waals surface area contributed by atoms with Gasteiger partial charge in [-0.3, -0.25) is 9.69 Å². The van der Waals surface area contributed by atoms with Crippen molar-refractivity contribution in [1.29, 1.82) is 0 Å². The van der Waals surface area contributed by atoms with Crippen molar-refractivity contribution < 1.29 is 19.4 Å². The Balaban J connectivity index is 1.99. The minimum Gasteiger partial charge on any atom is -0.478 e. The second-order valence-electron chi connectivity index (χ2n) is 5.50. The molecule has 3 N–H and O–H groups in total. The Morgan fingerprint density at radius 3 is 2.88 bits per heavy atom. The van der Waals surface area contributed by atoms with E-state index in [2.05, 4.69) is 4.98 Å². The highest BCUT2D eigenvalue weighted by Gasteiger charge is 2.34. The average molecular weight is 327 g/mol. The van der Waals surface area contributed by atoms with Gasteiger partial charge in [-0.2, -0.15) is 0 Å². The number of aromatic nitrogens is 1. The van der Waals surface area contributed by atoms with Crippen molar-refractivity contribution in [2.75, 3.05) is 10.6 Å². The monoisotopic (exact) mass is 327 g/mol. The first kappa shape index (κ1) is 15.8. The number of carbonyl (C=O) groups excluding carboxylic acids is 1. The molecule has 1 amide bonds. The third-order valence-corrected chi connectivity index (χ3v) is 3.81. The Kier molecular flexibility index (Phi) is 4.07. The molecule has 1 aromatic carbocycles. The normalized spacial score (nSPS) is 16.5. The first-order valence-corrected chi connectivity index (χ1v) is 7.56. The van der Waals surface area contributed by atoms with Gasteiger partial charge in [0, 0.05) is 0 Å². The summed E-state index contributed by atoms with van der Waals surface area (Å²) >= 11 is 0.